The fourth-order valence-corrected chi connectivity index (χ4v) is 2.46. The quantitative estimate of drug-likeness (QED) is 0.866. The molecule has 3 heteroatoms. The van der Waals surface area contributed by atoms with Gasteiger partial charge in [0.05, 0.1) is 0 Å². The first-order valence-electron chi connectivity index (χ1n) is 7.41. The molecule has 2 aromatic rings. The molecule has 1 unspecified atom stereocenters. The summed E-state index contributed by atoms with van der Waals surface area (Å²) in [5.74, 6) is 0.333. The minimum Gasteiger partial charge on any atom is -0.508 e. The van der Waals surface area contributed by atoms with Crippen molar-refractivity contribution in [2.45, 2.75) is 26.8 Å². The van der Waals surface area contributed by atoms with Gasteiger partial charge in [-0.05, 0) is 46.0 Å². The molecule has 21 heavy (non-hydrogen) atoms. The number of aromatic hydroxyl groups is 1. The van der Waals surface area contributed by atoms with Gasteiger partial charge in [0.15, 0.2) is 0 Å². The molecule has 0 saturated carbocycles. The van der Waals surface area contributed by atoms with Crippen LogP contribution in [0.1, 0.15) is 31.0 Å². The number of anilines is 2. The highest BCUT2D eigenvalue weighted by Gasteiger charge is 2.12. The van der Waals surface area contributed by atoms with Crippen LogP contribution in [0.25, 0.3) is 0 Å². The van der Waals surface area contributed by atoms with Crippen LogP contribution >= 0.6 is 0 Å². The molecule has 2 aromatic carbocycles. The lowest BCUT2D eigenvalue weighted by molar-refractivity contribution is 0.458. The standard InChI is InChI=1S/C18H24N2O/c1-5-20(15-8-6-13(2)7-9-15)16-10-11-17(14(3)19-4)18(21)12-16/h6-12,14,19,21H,5H2,1-4H3. The Morgan fingerprint density at radius 1 is 1.10 bits per heavy atom. The first-order valence-corrected chi connectivity index (χ1v) is 7.41. The SMILES string of the molecule is CCN(c1ccc(C)cc1)c1ccc(C(C)NC)c(O)c1. The Labute approximate surface area is 127 Å². The molecule has 0 aromatic heterocycles. The summed E-state index contributed by atoms with van der Waals surface area (Å²) < 4.78 is 0. The molecule has 0 aliphatic rings. The number of rotatable bonds is 5. The highest BCUT2D eigenvalue weighted by atomic mass is 16.3. The number of nitrogens with zero attached hydrogens (tertiary/aromatic N) is 1. The molecule has 1 atom stereocenters. The van der Waals surface area contributed by atoms with Crippen molar-refractivity contribution in [1.82, 2.24) is 5.32 Å². The minimum absolute atomic E-state index is 0.133. The third-order valence-corrected chi connectivity index (χ3v) is 3.89. The van der Waals surface area contributed by atoms with E-state index in [1.165, 1.54) is 5.56 Å². The molecular weight excluding hydrogens is 260 g/mol. The van der Waals surface area contributed by atoms with E-state index in [2.05, 4.69) is 54.4 Å². The van der Waals surface area contributed by atoms with Crippen LogP contribution in [0.3, 0.4) is 0 Å². The van der Waals surface area contributed by atoms with E-state index >= 15 is 0 Å². The summed E-state index contributed by atoms with van der Waals surface area (Å²) in [7, 11) is 1.89. The average molecular weight is 284 g/mol. The molecule has 2 rings (SSSR count). The van der Waals surface area contributed by atoms with E-state index in [-0.39, 0.29) is 6.04 Å². The molecular formula is C18H24N2O. The van der Waals surface area contributed by atoms with Gasteiger partial charge in [-0.2, -0.15) is 0 Å². The molecule has 0 fully saturated rings. The summed E-state index contributed by atoms with van der Waals surface area (Å²) in [5.41, 5.74) is 4.31. The number of aryl methyl sites for hydroxylation is 1. The zero-order valence-corrected chi connectivity index (χ0v) is 13.2. The van der Waals surface area contributed by atoms with E-state index in [1.807, 2.05) is 26.1 Å². The first-order chi connectivity index (χ1) is 10.1. The normalized spacial score (nSPS) is 12.2. The molecule has 3 nitrogen and oxygen atoms in total. The van der Waals surface area contributed by atoms with E-state index in [4.69, 9.17) is 0 Å². The van der Waals surface area contributed by atoms with Gasteiger partial charge in [-0.15, -0.1) is 0 Å². The van der Waals surface area contributed by atoms with Crippen LogP contribution in [0.15, 0.2) is 42.5 Å². The third kappa shape index (κ3) is 3.37. The molecule has 0 bridgehead atoms. The number of phenols is 1. The molecule has 0 heterocycles. The fourth-order valence-electron chi connectivity index (χ4n) is 2.46. The second-order valence-electron chi connectivity index (χ2n) is 5.33. The molecule has 0 saturated heterocycles. The highest BCUT2D eigenvalue weighted by molar-refractivity contribution is 5.65. The number of hydrogen-bond acceptors (Lipinski definition) is 3. The minimum atomic E-state index is 0.133. The predicted octanol–water partition coefficient (Wildman–Crippen LogP) is 4.14. The average Bonchev–Trinajstić information content (AvgIpc) is 2.49. The van der Waals surface area contributed by atoms with Gasteiger partial charge in [0.2, 0.25) is 0 Å². The summed E-state index contributed by atoms with van der Waals surface area (Å²) in [6.07, 6.45) is 0. The Balaban J connectivity index is 2.35. The highest BCUT2D eigenvalue weighted by Crippen LogP contribution is 2.32. The van der Waals surface area contributed by atoms with Crippen LogP contribution in [0.2, 0.25) is 0 Å². The maximum absolute atomic E-state index is 10.3. The number of nitrogens with one attached hydrogen (secondary N) is 1. The van der Waals surface area contributed by atoms with E-state index in [1.54, 1.807) is 0 Å². The topological polar surface area (TPSA) is 35.5 Å². The van der Waals surface area contributed by atoms with E-state index in [0.717, 1.165) is 23.5 Å². The molecule has 0 aliphatic carbocycles. The summed E-state index contributed by atoms with van der Waals surface area (Å²) in [6.45, 7) is 7.08. The van der Waals surface area contributed by atoms with Crippen LogP contribution in [-0.4, -0.2) is 18.7 Å². The molecule has 0 aliphatic heterocycles. The second-order valence-corrected chi connectivity index (χ2v) is 5.33. The fraction of sp³-hybridized carbons (Fsp3) is 0.333. The maximum Gasteiger partial charge on any atom is 0.122 e. The van der Waals surface area contributed by atoms with Crippen molar-refractivity contribution in [2.24, 2.45) is 0 Å². The Hall–Kier alpha value is -2.00. The Morgan fingerprint density at radius 3 is 2.24 bits per heavy atom. The van der Waals surface area contributed by atoms with Crippen molar-refractivity contribution in [3.8, 4) is 5.75 Å². The van der Waals surface area contributed by atoms with Crippen molar-refractivity contribution in [2.75, 3.05) is 18.5 Å². The van der Waals surface area contributed by atoms with Gasteiger partial charge in [0.1, 0.15) is 5.75 Å². The van der Waals surface area contributed by atoms with Gasteiger partial charge in [0, 0.05) is 35.6 Å². The lowest BCUT2D eigenvalue weighted by atomic mass is 10.1. The van der Waals surface area contributed by atoms with Crippen LogP contribution in [0.4, 0.5) is 11.4 Å². The van der Waals surface area contributed by atoms with Gasteiger partial charge in [-0.25, -0.2) is 0 Å². The summed E-state index contributed by atoms with van der Waals surface area (Å²) in [6, 6.07) is 14.5. The molecule has 0 spiro atoms. The molecule has 0 amide bonds. The van der Waals surface area contributed by atoms with Crippen molar-refractivity contribution >= 4 is 11.4 Å². The Kier molecular flexibility index (Phi) is 4.86. The monoisotopic (exact) mass is 284 g/mol. The lowest BCUT2D eigenvalue weighted by Gasteiger charge is -2.24. The largest absolute Gasteiger partial charge is 0.508 e. The van der Waals surface area contributed by atoms with Crippen LogP contribution in [0.5, 0.6) is 5.75 Å². The summed E-state index contributed by atoms with van der Waals surface area (Å²) in [5, 5.41) is 13.4. The van der Waals surface area contributed by atoms with Gasteiger partial charge in [0.25, 0.3) is 0 Å². The van der Waals surface area contributed by atoms with Gasteiger partial charge in [-0.1, -0.05) is 23.8 Å². The van der Waals surface area contributed by atoms with Gasteiger partial charge < -0.3 is 15.3 Å². The van der Waals surface area contributed by atoms with Gasteiger partial charge in [-0.3, -0.25) is 0 Å². The summed E-state index contributed by atoms with van der Waals surface area (Å²) in [4.78, 5) is 2.19. The molecule has 2 N–H and O–H groups in total. The second kappa shape index (κ2) is 6.64. The van der Waals surface area contributed by atoms with E-state index in [0.29, 0.717) is 5.75 Å². The van der Waals surface area contributed by atoms with E-state index < -0.39 is 0 Å². The van der Waals surface area contributed by atoms with Crippen LogP contribution in [-0.2, 0) is 0 Å². The first kappa shape index (κ1) is 15.4. The van der Waals surface area contributed by atoms with E-state index in [9.17, 15) is 5.11 Å². The van der Waals surface area contributed by atoms with Crippen molar-refractivity contribution in [1.29, 1.82) is 0 Å². The van der Waals surface area contributed by atoms with Crippen molar-refractivity contribution in [3.63, 3.8) is 0 Å². The zero-order valence-electron chi connectivity index (χ0n) is 13.2. The van der Waals surface area contributed by atoms with Gasteiger partial charge >= 0.3 is 0 Å². The van der Waals surface area contributed by atoms with Crippen LogP contribution < -0.4 is 10.2 Å². The van der Waals surface area contributed by atoms with Crippen molar-refractivity contribution < 1.29 is 5.11 Å². The zero-order chi connectivity index (χ0) is 15.4. The maximum atomic E-state index is 10.3. The molecule has 112 valence electrons. The molecule has 0 radical (unpaired) electrons. The lowest BCUT2D eigenvalue weighted by Crippen LogP contribution is -2.17. The summed E-state index contributed by atoms with van der Waals surface area (Å²) >= 11 is 0. The smallest absolute Gasteiger partial charge is 0.122 e. The third-order valence-electron chi connectivity index (χ3n) is 3.89. The predicted molar refractivity (Wildman–Crippen MR) is 89.4 cm³/mol. The van der Waals surface area contributed by atoms with Crippen molar-refractivity contribution in [3.05, 3.63) is 53.6 Å². The number of benzene rings is 2. The number of phenolic OH excluding ortho intramolecular Hbond substituents is 1. The van der Waals surface area contributed by atoms with Crippen LogP contribution in [0, 0.1) is 6.92 Å². The Morgan fingerprint density at radius 2 is 1.71 bits per heavy atom. The number of hydrogen-bond donors (Lipinski definition) is 2. The Bertz CT molecular complexity index is 593.